The van der Waals surface area contributed by atoms with Crippen molar-refractivity contribution in [2.45, 2.75) is 111 Å². The van der Waals surface area contributed by atoms with Crippen LogP contribution in [0.1, 0.15) is 105 Å². The Hall–Kier alpha value is -0.300. The molecule has 0 aromatic heterocycles. The normalized spacial score (nSPS) is 46.5. The summed E-state index contributed by atoms with van der Waals surface area (Å²) in [5, 5.41) is 10.2. The predicted octanol–water partition coefficient (Wildman–Crippen LogP) is 7.39. The zero-order valence-corrected chi connectivity index (χ0v) is 19.3. The van der Waals surface area contributed by atoms with Gasteiger partial charge in [-0.3, -0.25) is 0 Å². The molecule has 1 nitrogen and oxygen atoms in total. The van der Waals surface area contributed by atoms with Gasteiger partial charge < -0.3 is 5.11 Å². The summed E-state index contributed by atoms with van der Waals surface area (Å²) < 4.78 is 0. The van der Waals surface area contributed by atoms with Gasteiger partial charge in [0.2, 0.25) is 0 Å². The molecule has 0 amide bonds. The Morgan fingerprint density at radius 2 is 1.79 bits per heavy atom. The minimum Gasteiger partial charge on any atom is -0.393 e. The number of fused-ring (bicyclic) bond motifs is 5. The van der Waals surface area contributed by atoms with E-state index in [-0.39, 0.29) is 6.10 Å². The first kappa shape index (κ1) is 21.0. The molecule has 28 heavy (non-hydrogen) atoms. The lowest BCUT2D eigenvalue weighted by Crippen LogP contribution is -2.50. The fourth-order valence-corrected chi connectivity index (χ4v) is 8.67. The highest BCUT2D eigenvalue weighted by Crippen LogP contribution is 2.67. The van der Waals surface area contributed by atoms with E-state index in [2.05, 4.69) is 40.7 Å². The molecule has 0 bridgehead atoms. The average molecular weight is 387 g/mol. The smallest absolute Gasteiger partial charge is 0.0577 e. The topological polar surface area (TPSA) is 20.2 Å². The number of allylic oxidation sites excluding steroid dienone is 1. The zero-order chi connectivity index (χ0) is 20.1. The van der Waals surface area contributed by atoms with Crippen molar-refractivity contribution in [2.24, 2.45) is 46.3 Å². The van der Waals surface area contributed by atoms with E-state index in [0.717, 1.165) is 48.3 Å². The van der Waals surface area contributed by atoms with Gasteiger partial charge in [-0.05, 0) is 97.7 Å². The van der Waals surface area contributed by atoms with E-state index in [1.165, 1.54) is 57.8 Å². The van der Waals surface area contributed by atoms with E-state index < -0.39 is 0 Å². The first-order valence-corrected chi connectivity index (χ1v) is 12.6. The van der Waals surface area contributed by atoms with Crippen LogP contribution in [0.5, 0.6) is 0 Å². The van der Waals surface area contributed by atoms with Crippen LogP contribution in [-0.2, 0) is 0 Å². The molecule has 4 aliphatic rings. The molecule has 0 aromatic carbocycles. The van der Waals surface area contributed by atoms with Crippen molar-refractivity contribution in [3.8, 4) is 0 Å². The Labute approximate surface area is 174 Å². The molecule has 1 heteroatoms. The first-order valence-electron chi connectivity index (χ1n) is 12.6. The second-order valence-electron chi connectivity index (χ2n) is 12.2. The molecule has 3 saturated carbocycles. The molecule has 0 heterocycles. The van der Waals surface area contributed by atoms with Crippen molar-refractivity contribution in [3.63, 3.8) is 0 Å². The highest BCUT2D eigenvalue weighted by molar-refractivity contribution is 5.25. The van der Waals surface area contributed by atoms with Crippen molar-refractivity contribution in [2.75, 3.05) is 0 Å². The Bertz CT molecular complexity index is 591. The van der Waals surface area contributed by atoms with Gasteiger partial charge in [0.15, 0.2) is 0 Å². The maximum atomic E-state index is 10.2. The lowest BCUT2D eigenvalue weighted by molar-refractivity contribution is -0.0573. The molecule has 4 aliphatic carbocycles. The van der Waals surface area contributed by atoms with Gasteiger partial charge in [-0.1, -0.05) is 65.5 Å². The van der Waals surface area contributed by atoms with Crippen LogP contribution in [0.2, 0.25) is 0 Å². The van der Waals surface area contributed by atoms with Crippen LogP contribution in [0, 0.1) is 46.3 Å². The molecule has 0 aromatic rings. The summed E-state index contributed by atoms with van der Waals surface area (Å²) in [6, 6.07) is 0. The van der Waals surface area contributed by atoms with Gasteiger partial charge in [-0.15, -0.1) is 0 Å². The minimum absolute atomic E-state index is 0.0766. The molecular weight excluding hydrogens is 340 g/mol. The third kappa shape index (κ3) is 3.42. The minimum atomic E-state index is -0.0766. The molecule has 0 aliphatic heterocycles. The van der Waals surface area contributed by atoms with Crippen molar-refractivity contribution in [1.82, 2.24) is 0 Å². The summed E-state index contributed by atoms with van der Waals surface area (Å²) in [6.07, 6.45) is 17.2. The van der Waals surface area contributed by atoms with Gasteiger partial charge in [0.05, 0.1) is 6.10 Å². The zero-order valence-electron chi connectivity index (χ0n) is 19.3. The van der Waals surface area contributed by atoms with Crippen LogP contribution in [0.25, 0.3) is 0 Å². The third-order valence-electron chi connectivity index (χ3n) is 10.3. The summed E-state index contributed by atoms with van der Waals surface area (Å²) in [4.78, 5) is 0. The van der Waals surface area contributed by atoms with Crippen molar-refractivity contribution < 1.29 is 5.11 Å². The second-order valence-corrected chi connectivity index (χ2v) is 12.2. The largest absolute Gasteiger partial charge is 0.393 e. The van der Waals surface area contributed by atoms with Crippen LogP contribution < -0.4 is 0 Å². The first-order chi connectivity index (χ1) is 13.3. The number of aliphatic hydroxyl groups is 1. The highest BCUT2D eigenvalue weighted by Gasteiger charge is 2.59. The number of rotatable bonds is 5. The van der Waals surface area contributed by atoms with E-state index >= 15 is 0 Å². The molecule has 160 valence electrons. The highest BCUT2D eigenvalue weighted by atomic mass is 16.3. The number of hydrogen-bond donors (Lipinski definition) is 1. The van der Waals surface area contributed by atoms with Gasteiger partial charge in [0.25, 0.3) is 0 Å². The van der Waals surface area contributed by atoms with Crippen LogP contribution in [-0.4, -0.2) is 11.2 Å². The van der Waals surface area contributed by atoms with Gasteiger partial charge in [-0.25, -0.2) is 0 Å². The standard InChI is InChI=1S/C27H46O/c1-18(2)7-6-8-19(3)23-11-12-24-22-10-9-20-17-21(28)13-15-26(20,4)25(22)14-16-27(23,24)5/h9,18-19,21-25,28H,6-8,10-17H2,1-5H3/t19?,21-,22?,23?,24?,25?,26+,27-/m1/s1. The number of hydrogen-bond acceptors (Lipinski definition) is 1. The van der Waals surface area contributed by atoms with E-state index in [1.54, 1.807) is 5.57 Å². The van der Waals surface area contributed by atoms with E-state index in [0.29, 0.717) is 10.8 Å². The average Bonchev–Trinajstić information content (AvgIpc) is 2.99. The van der Waals surface area contributed by atoms with Gasteiger partial charge in [-0.2, -0.15) is 0 Å². The molecule has 4 rings (SSSR count). The molecule has 0 spiro atoms. The summed E-state index contributed by atoms with van der Waals surface area (Å²) in [5.41, 5.74) is 2.60. The molecule has 5 unspecified atom stereocenters. The summed E-state index contributed by atoms with van der Waals surface area (Å²) in [6.45, 7) is 12.6. The maximum Gasteiger partial charge on any atom is 0.0577 e. The Balaban J connectivity index is 1.49. The Kier molecular flexibility index (Phi) is 5.80. The van der Waals surface area contributed by atoms with Gasteiger partial charge in [0.1, 0.15) is 0 Å². The fraction of sp³-hybridized carbons (Fsp3) is 0.926. The molecule has 0 radical (unpaired) electrons. The molecule has 8 atom stereocenters. The number of aliphatic hydroxyl groups excluding tert-OH is 1. The van der Waals surface area contributed by atoms with Crippen LogP contribution in [0.15, 0.2) is 11.6 Å². The van der Waals surface area contributed by atoms with Crippen LogP contribution in [0.4, 0.5) is 0 Å². The quantitative estimate of drug-likeness (QED) is 0.488. The maximum absolute atomic E-state index is 10.2. The Morgan fingerprint density at radius 3 is 2.54 bits per heavy atom. The Morgan fingerprint density at radius 1 is 1.00 bits per heavy atom. The summed E-state index contributed by atoms with van der Waals surface area (Å²) >= 11 is 0. The predicted molar refractivity (Wildman–Crippen MR) is 119 cm³/mol. The third-order valence-corrected chi connectivity index (χ3v) is 10.3. The monoisotopic (exact) mass is 386 g/mol. The van der Waals surface area contributed by atoms with Crippen LogP contribution in [0.3, 0.4) is 0 Å². The van der Waals surface area contributed by atoms with Gasteiger partial charge >= 0.3 is 0 Å². The lowest BCUT2D eigenvalue weighted by Gasteiger charge is -2.58. The van der Waals surface area contributed by atoms with Crippen molar-refractivity contribution in [3.05, 3.63) is 11.6 Å². The molecule has 3 fully saturated rings. The SMILES string of the molecule is CC(C)CCCC(C)C1CCC2C3CC=C4C[C@H](O)CC[C@]4(C)C3CC[C@]12C. The molecular formula is C27H46O. The van der Waals surface area contributed by atoms with E-state index in [1.807, 2.05) is 0 Å². The van der Waals surface area contributed by atoms with E-state index in [9.17, 15) is 5.11 Å². The van der Waals surface area contributed by atoms with E-state index in [4.69, 9.17) is 0 Å². The summed E-state index contributed by atoms with van der Waals surface area (Å²) in [5.74, 6) is 5.46. The van der Waals surface area contributed by atoms with Gasteiger partial charge in [0, 0.05) is 0 Å². The molecule has 0 saturated heterocycles. The van der Waals surface area contributed by atoms with Crippen molar-refractivity contribution in [1.29, 1.82) is 0 Å². The van der Waals surface area contributed by atoms with Crippen molar-refractivity contribution >= 4 is 0 Å². The second kappa shape index (κ2) is 7.75. The molecule has 1 N–H and O–H groups in total. The van der Waals surface area contributed by atoms with Crippen LogP contribution >= 0.6 is 0 Å². The summed E-state index contributed by atoms with van der Waals surface area (Å²) in [7, 11) is 0. The lowest BCUT2D eigenvalue weighted by atomic mass is 9.47. The fourth-order valence-electron chi connectivity index (χ4n) is 8.67.